The number of halogens is 1. The molecule has 0 aliphatic rings. The summed E-state index contributed by atoms with van der Waals surface area (Å²) in [6.07, 6.45) is 4.39. The van der Waals surface area contributed by atoms with Crippen molar-refractivity contribution in [3.63, 3.8) is 0 Å². The van der Waals surface area contributed by atoms with Gasteiger partial charge in [-0.25, -0.2) is 22.8 Å². The van der Waals surface area contributed by atoms with E-state index in [0.717, 1.165) is 12.1 Å². The number of nitrogens with zero attached hydrogens (tertiary/aromatic N) is 3. The van der Waals surface area contributed by atoms with E-state index in [0.29, 0.717) is 23.4 Å². The van der Waals surface area contributed by atoms with E-state index >= 15 is 0 Å². The van der Waals surface area contributed by atoms with Gasteiger partial charge in [-0.1, -0.05) is 0 Å². The molecule has 0 aliphatic carbocycles. The van der Waals surface area contributed by atoms with Crippen LogP contribution in [0.5, 0.6) is 11.6 Å². The van der Waals surface area contributed by atoms with Crippen molar-refractivity contribution in [1.82, 2.24) is 14.4 Å². The molecule has 0 fully saturated rings. The minimum Gasteiger partial charge on any atom is -0.484 e. The fourth-order valence-electron chi connectivity index (χ4n) is 3.52. The molecule has 0 spiro atoms. The Bertz CT molecular complexity index is 1590. The van der Waals surface area contributed by atoms with Crippen molar-refractivity contribution in [2.24, 2.45) is 0 Å². The second kappa shape index (κ2) is 10.3. The second-order valence-corrected chi connectivity index (χ2v) is 9.36. The van der Waals surface area contributed by atoms with Gasteiger partial charge in [0.15, 0.2) is 0 Å². The van der Waals surface area contributed by atoms with E-state index in [-0.39, 0.29) is 34.4 Å². The molecule has 0 amide bonds. The SMILES string of the molecule is COCCOc1cnc2ccc(-c3cnc(OC)c(NS(=O)(=O)c4ccc(F)cc4C)c3)cn2c1=O. The van der Waals surface area contributed by atoms with E-state index in [1.54, 1.807) is 18.3 Å². The van der Waals surface area contributed by atoms with E-state index in [2.05, 4.69) is 14.7 Å². The molecule has 0 atom stereocenters. The number of sulfonamides is 1. The fourth-order valence-corrected chi connectivity index (χ4v) is 4.80. The Morgan fingerprint density at radius 2 is 1.83 bits per heavy atom. The van der Waals surface area contributed by atoms with Crippen LogP contribution in [0.15, 0.2) is 64.7 Å². The normalized spacial score (nSPS) is 11.4. The number of rotatable bonds is 9. The maximum Gasteiger partial charge on any atom is 0.300 e. The number of hydrogen-bond acceptors (Lipinski definition) is 8. The molecule has 1 aromatic carbocycles. The highest BCUT2D eigenvalue weighted by atomic mass is 32.2. The van der Waals surface area contributed by atoms with Crippen LogP contribution in [-0.2, 0) is 14.8 Å². The van der Waals surface area contributed by atoms with Crippen LogP contribution in [0.1, 0.15) is 5.56 Å². The molecule has 0 bridgehead atoms. The van der Waals surface area contributed by atoms with Crippen molar-refractivity contribution in [1.29, 1.82) is 0 Å². The van der Waals surface area contributed by atoms with Crippen LogP contribution >= 0.6 is 0 Å². The molecule has 0 saturated heterocycles. The lowest BCUT2D eigenvalue weighted by molar-refractivity contribution is 0.145. The Hall–Kier alpha value is -4.03. The molecular weight excluding hydrogens is 491 g/mol. The smallest absolute Gasteiger partial charge is 0.300 e. The minimum absolute atomic E-state index is 0.0375. The van der Waals surface area contributed by atoms with Crippen LogP contribution < -0.4 is 19.8 Å². The maximum absolute atomic E-state index is 13.5. The van der Waals surface area contributed by atoms with Gasteiger partial charge < -0.3 is 14.2 Å². The number of fused-ring (bicyclic) bond motifs is 1. The predicted molar refractivity (Wildman–Crippen MR) is 131 cm³/mol. The van der Waals surface area contributed by atoms with Gasteiger partial charge in [-0.2, -0.15) is 0 Å². The van der Waals surface area contributed by atoms with Crippen LogP contribution in [0.3, 0.4) is 0 Å². The van der Waals surface area contributed by atoms with Gasteiger partial charge in [0.1, 0.15) is 23.8 Å². The lowest BCUT2D eigenvalue weighted by Gasteiger charge is -2.14. The molecule has 1 N–H and O–H groups in total. The van der Waals surface area contributed by atoms with Crippen molar-refractivity contribution in [3.8, 4) is 22.8 Å². The molecule has 4 rings (SSSR count). The summed E-state index contributed by atoms with van der Waals surface area (Å²) in [5.41, 5.74) is 1.37. The first-order valence-electron chi connectivity index (χ1n) is 10.7. The molecule has 0 saturated carbocycles. The second-order valence-electron chi connectivity index (χ2n) is 7.71. The molecule has 0 radical (unpaired) electrons. The molecule has 0 unspecified atom stereocenters. The summed E-state index contributed by atoms with van der Waals surface area (Å²) in [6.45, 7) is 2.01. The third-order valence-corrected chi connectivity index (χ3v) is 6.79. The van der Waals surface area contributed by atoms with Gasteiger partial charge >= 0.3 is 0 Å². The Labute approximate surface area is 206 Å². The van der Waals surface area contributed by atoms with Crippen LogP contribution in [0.25, 0.3) is 16.8 Å². The van der Waals surface area contributed by atoms with Gasteiger partial charge in [-0.05, 0) is 48.9 Å². The monoisotopic (exact) mass is 514 g/mol. The number of ether oxygens (including phenoxy) is 3. The standard InChI is InChI=1S/C24H23FN4O6S/c1-15-10-18(25)5-6-21(15)36(31,32)28-19-11-17(12-27-23(19)34-3)16-4-7-22-26-13-20(35-9-8-33-2)24(30)29(22)14-16/h4-7,10-14,28H,8-9H2,1-3H3. The lowest BCUT2D eigenvalue weighted by Crippen LogP contribution is -2.19. The number of benzene rings is 1. The number of aromatic nitrogens is 3. The topological polar surface area (TPSA) is 121 Å². The third kappa shape index (κ3) is 5.14. The van der Waals surface area contributed by atoms with E-state index in [1.165, 1.54) is 50.1 Å². The summed E-state index contributed by atoms with van der Waals surface area (Å²) in [5.74, 6) is -0.436. The van der Waals surface area contributed by atoms with Crippen molar-refractivity contribution < 1.29 is 27.0 Å². The highest BCUT2D eigenvalue weighted by Crippen LogP contribution is 2.30. The van der Waals surface area contributed by atoms with Crippen LogP contribution in [0.4, 0.5) is 10.1 Å². The molecule has 12 heteroatoms. The third-order valence-electron chi connectivity index (χ3n) is 5.26. The van der Waals surface area contributed by atoms with Crippen LogP contribution in [0, 0.1) is 12.7 Å². The zero-order valence-corrected chi connectivity index (χ0v) is 20.5. The van der Waals surface area contributed by atoms with Crippen molar-refractivity contribution in [2.75, 3.05) is 32.2 Å². The maximum atomic E-state index is 13.5. The first kappa shape index (κ1) is 25.1. The summed E-state index contributed by atoms with van der Waals surface area (Å²) >= 11 is 0. The molecule has 10 nitrogen and oxygen atoms in total. The van der Waals surface area contributed by atoms with Gasteiger partial charge in [0.25, 0.3) is 15.6 Å². The van der Waals surface area contributed by atoms with E-state index in [1.807, 2.05) is 0 Å². The largest absolute Gasteiger partial charge is 0.484 e. The quantitative estimate of drug-likeness (QED) is 0.339. The zero-order valence-electron chi connectivity index (χ0n) is 19.7. The van der Waals surface area contributed by atoms with Gasteiger partial charge in [0.05, 0.1) is 24.8 Å². The molecule has 36 heavy (non-hydrogen) atoms. The van der Waals surface area contributed by atoms with Gasteiger partial charge in [-0.15, -0.1) is 0 Å². The minimum atomic E-state index is -4.08. The first-order valence-corrected chi connectivity index (χ1v) is 12.2. The number of nitrogens with one attached hydrogen (secondary N) is 1. The number of hydrogen-bond donors (Lipinski definition) is 1. The summed E-state index contributed by atoms with van der Waals surface area (Å²) in [5, 5.41) is 0. The highest BCUT2D eigenvalue weighted by molar-refractivity contribution is 7.92. The molecule has 188 valence electrons. The summed E-state index contributed by atoms with van der Waals surface area (Å²) in [7, 11) is -1.20. The zero-order chi connectivity index (χ0) is 25.9. The molecule has 4 aromatic rings. The lowest BCUT2D eigenvalue weighted by atomic mass is 10.1. The number of pyridine rings is 2. The Morgan fingerprint density at radius 1 is 1.03 bits per heavy atom. The average molecular weight is 515 g/mol. The number of methoxy groups -OCH3 is 2. The first-order chi connectivity index (χ1) is 17.2. The van der Waals surface area contributed by atoms with Crippen molar-refractivity contribution >= 4 is 21.4 Å². The molecule has 0 aliphatic heterocycles. The van der Waals surface area contributed by atoms with Crippen molar-refractivity contribution in [2.45, 2.75) is 11.8 Å². The fraction of sp³-hybridized carbons (Fsp3) is 0.208. The summed E-state index contributed by atoms with van der Waals surface area (Å²) in [6, 6.07) is 8.29. The Balaban J connectivity index is 1.73. The van der Waals surface area contributed by atoms with E-state index < -0.39 is 21.4 Å². The molecule has 3 aromatic heterocycles. The molecular formula is C24H23FN4O6S. The Kier molecular flexibility index (Phi) is 7.17. The van der Waals surface area contributed by atoms with E-state index in [4.69, 9.17) is 14.2 Å². The van der Waals surface area contributed by atoms with Gasteiger partial charge in [-0.3, -0.25) is 13.9 Å². The predicted octanol–water partition coefficient (Wildman–Crippen LogP) is 3.04. The summed E-state index contributed by atoms with van der Waals surface area (Å²) < 4.78 is 58.9. The average Bonchev–Trinajstić information content (AvgIpc) is 2.85. The number of aryl methyl sites for hydroxylation is 1. The van der Waals surface area contributed by atoms with Gasteiger partial charge in [0.2, 0.25) is 11.6 Å². The van der Waals surface area contributed by atoms with E-state index in [9.17, 15) is 17.6 Å². The Morgan fingerprint density at radius 3 is 2.56 bits per heavy atom. The highest BCUT2D eigenvalue weighted by Gasteiger charge is 2.20. The van der Waals surface area contributed by atoms with Gasteiger partial charge in [0, 0.05) is 30.6 Å². The van der Waals surface area contributed by atoms with Crippen molar-refractivity contribution in [3.05, 3.63) is 76.7 Å². The van der Waals surface area contributed by atoms with Crippen LogP contribution in [0.2, 0.25) is 0 Å². The summed E-state index contributed by atoms with van der Waals surface area (Å²) in [4.78, 5) is 21.2. The molecule has 3 heterocycles. The number of anilines is 1. The van der Waals surface area contributed by atoms with Crippen LogP contribution in [-0.4, -0.2) is 50.2 Å².